The molecule has 1 aromatic rings. The Labute approximate surface area is 97.6 Å². The van der Waals surface area contributed by atoms with Crippen LogP contribution in [-0.4, -0.2) is 12.4 Å². The lowest BCUT2D eigenvalue weighted by atomic mass is 9.88. The maximum atomic E-state index is 11.6. The normalized spacial score (nSPS) is 11.4. The first-order valence-corrected chi connectivity index (χ1v) is 5.71. The van der Waals surface area contributed by atoms with Crippen LogP contribution in [0, 0.1) is 5.41 Å². The lowest BCUT2D eigenvalue weighted by molar-refractivity contribution is -0.130. The molecule has 2 nitrogen and oxygen atoms in total. The van der Waals surface area contributed by atoms with Gasteiger partial charge in [0.05, 0.1) is 13.2 Å². The van der Waals surface area contributed by atoms with Gasteiger partial charge in [0.2, 0.25) is 0 Å². The third kappa shape index (κ3) is 3.78. The van der Waals surface area contributed by atoms with Gasteiger partial charge in [0.1, 0.15) is 5.78 Å². The van der Waals surface area contributed by atoms with Crippen molar-refractivity contribution in [2.75, 3.05) is 6.61 Å². The molecule has 2 heteroatoms. The van der Waals surface area contributed by atoms with Crippen molar-refractivity contribution in [2.24, 2.45) is 5.41 Å². The van der Waals surface area contributed by atoms with Gasteiger partial charge in [-0.05, 0) is 5.56 Å². The summed E-state index contributed by atoms with van der Waals surface area (Å²) < 4.78 is 5.59. The van der Waals surface area contributed by atoms with Crippen molar-refractivity contribution in [1.29, 1.82) is 0 Å². The van der Waals surface area contributed by atoms with E-state index in [9.17, 15) is 4.79 Å². The van der Waals surface area contributed by atoms with Gasteiger partial charge < -0.3 is 4.74 Å². The number of ether oxygens (including phenoxy) is 1. The van der Waals surface area contributed by atoms with Gasteiger partial charge in [-0.15, -0.1) is 0 Å². The number of hydrogen-bond acceptors (Lipinski definition) is 2. The topological polar surface area (TPSA) is 26.3 Å². The van der Waals surface area contributed by atoms with Crippen molar-refractivity contribution in [3.63, 3.8) is 0 Å². The van der Waals surface area contributed by atoms with Gasteiger partial charge in [-0.1, -0.05) is 51.1 Å². The molecule has 0 aromatic heterocycles. The average molecular weight is 220 g/mol. The Hall–Kier alpha value is -1.15. The van der Waals surface area contributed by atoms with E-state index in [1.165, 1.54) is 0 Å². The minimum Gasteiger partial charge on any atom is -0.376 e. The molecule has 0 heterocycles. The Morgan fingerprint density at radius 3 is 2.44 bits per heavy atom. The highest BCUT2D eigenvalue weighted by atomic mass is 16.5. The van der Waals surface area contributed by atoms with E-state index < -0.39 is 0 Å². The van der Waals surface area contributed by atoms with Crippen molar-refractivity contribution >= 4 is 5.78 Å². The van der Waals surface area contributed by atoms with E-state index in [1.807, 2.05) is 51.1 Å². The summed E-state index contributed by atoms with van der Waals surface area (Å²) in [5, 5.41) is 0. The van der Waals surface area contributed by atoms with E-state index in [2.05, 4.69) is 0 Å². The maximum Gasteiger partial charge on any atom is 0.140 e. The standard InChI is InChI=1S/C14H20O2/c1-4-13(15)14(2,3)11-16-10-12-8-6-5-7-9-12/h5-9H,4,10-11H2,1-3H3. The van der Waals surface area contributed by atoms with Gasteiger partial charge in [0.25, 0.3) is 0 Å². The Bertz CT molecular complexity index is 328. The molecule has 0 N–H and O–H groups in total. The molecule has 0 fully saturated rings. The number of rotatable bonds is 6. The van der Waals surface area contributed by atoms with Crippen molar-refractivity contribution in [2.45, 2.75) is 33.8 Å². The molecule has 0 aliphatic rings. The fourth-order valence-corrected chi connectivity index (χ4v) is 1.56. The van der Waals surface area contributed by atoms with Crippen LogP contribution >= 0.6 is 0 Å². The number of Topliss-reactive ketones (excluding diaryl/α,β-unsaturated/α-hetero) is 1. The summed E-state index contributed by atoms with van der Waals surface area (Å²) in [6, 6.07) is 10.00. The van der Waals surface area contributed by atoms with E-state index >= 15 is 0 Å². The predicted octanol–water partition coefficient (Wildman–Crippen LogP) is 3.21. The zero-order valence-corrected chi connectivity index (χ0v) is 10.3. The van der Waals surface area contributed by atoms with Crippen LogP contribution in [0.15, 0.2) is 30.3 Å². The molecule has 1 rings (SSSR count). The molecule has 0 spiro atoms. The van der Waals surface area contributed by atoms with E-state index in [0.717, 1.165) is 5.56 Å². The van der Waals surface area contributed by atoms with Crippen molar-refractivity contribution in [3.05, 3.63) is 35.9 Å². The number of hydrogen-bond donors (Lipinski definition) is 0. The van der Waals surface area contributed by atoms with Gasteiger partial charge in [-0.25, -0.2) is 0 Å². The lowest BCUT2D eigenvalue weighted by Crippen LogP contribution is -2.29. The summed E-state index contributed by atoms with van der Waals surface area (Å²) in [6.07, 6.45) is 0.571. The monoisotopic (exact) mass is 220 g/mol. The molecular weight excluding hydrogens is 200 g/mol. The minimum absolute atomic E-state index is 0.251. The summed E-state index contributed by atoms with van der Waals surface area (Å²) in [6.45, 7) is 6.81. The second kappa shape index (κ2) is 5.80. The highest BCUT2D eigenvalue weighted by molar-refractivity contribution is 5.83. The van der Waals surface area contributed by atoms with Crippen LogP contribution in [0.4, 0.5) is 0 Å². The quantitative estimate of drug-likeness (QED) is 0.736. The van der Waals surface area contributed by atoms with Crippen molar-refractivity contribution in [1.82, 2.24) is 0 Å². The number of carbonyl (C=O) groups is 1. The van der Waals surface area contributed by atoms with Gasteiger partial charge >= 0.3 is 0 Å². The van der Waals surface area contributed by atoms with E-state index in [-0.39, 0.29) is 11.2 Å². The van der Waals surface area contributed by atoms with Crippen LogP contribution in [0.2, 0.25) is 0 Å². The molecule has 0 aliphatic heterocycles. The summed E-state index contributed by atoms with van der Waals surface area (Å²) in [5.41, 5.74) is 0.769. The maximum absolute atomic E-state index is 11.6. The van der Waals surface area contributed by atoms with Crippen LogP contribution in [0.25, 0.3) is 0 Å². The van der Waals surface area contributed by atoms with Gasteiger partial charge in [0, 0.05) is 11.8 Å². The summed E-state index contributed by atoms with van der Waals surface area (Å²) in [4.78, 5) is 11.6. The molecule has 0 amide bonds. The Kier molecular flexibility index (Phi) is 4.69. The Morgan fingerprint density at radius 1 is 1.25 bits per heavy atom. The van der Waals surface area contributed by atoms with Crippen LogP contribution in [-0.2, 0) is 16.1 Å². The molecule has 0 aliphatic carbocycles. The molecule has 0 saturated heterocycles. The highest BCUT2D eigenvalue weighted by Crippen LogP contribution is 2.19. The molecule has 0 saturated carbocycles. The predicted molar refractivity (Wildman–Crippen MR) is 65.2 cm³/mol. The van der Waals surface area contributed by atoms with Gasteiger partial charge in [-0.3, -0.25) is 4.79 Å². The SMILES string of the molecule is CCC(=O)C(C)(C)COCc1ccccc1. The van der Waals surface area contributed by atoms with E-state index in [1.54, 1.807) is 0 Å². The molecule has 16 heavy (non-hydrogen) atoms. The Morgan fingerprint density at radius 2 is 1.88 bits per heavy atom. The third-order valence-corrected chi connectivity index (χ3v) is 2.65. The summed E-state index contributed by atoms with van der Waals surface area (Å²) in [5.74, 6) is 0.251. The van der Waals surface area contributed by atoms with Crippen LogP contribution in [0.1, 0.15) is 32.8 Å². The summed E-state index contributed by atoms with van der Waals surface area (Å²) in [7, 11) is 0. The van der Waals surface area contributed by atoms with Crippen molar-refractivity contribution < 1.29 is 9.53 Å². The van der Waals surface area contributed by atoms with Crippen LogP contribution in [0.5, 0.6) is 0 Å². The van der Waals surface area contributed by atoms with E-state index in [0.29, 0.717) is 19.6 Å². The largest absolute Gasteiger partial charge is 0.376 e. The lowest BCUT2D eigenvalue weighted by Gasteiger charge is -2.22. The second-order valence-electron chi connectivity index (χ2n) is 4.64. The van der Waals surface area contributed by atoms with Crippen LogP contribution < -0.4 is 0 Å². The van der Waals surface area contributed by atoms with Gasteiger partial charge in [-0.2, -0.15) is 0 Å². The van der Waals surface area contributed by atoms with Crippen LogP contribution in [0.3, 0.4) is 0 Å². The smallest absolute Gasteiger partial charge is 0.140 e. The first-order chi connectivity index (χ1) is 7.56. The fraction of sp³-hybridized carbons (Fsp3) is 0.500. The number of benzene rings is 1. The minimum atomic E-state index is -0.371. The van der Waals surface area contributed by atoms with E-state index in [4.69, 9.17) is 4.74 Å². The highest BCUT2D eigenvalue weighted by Gasteiger charge is 2.25. The average Bonchev–Trinajstić information content (AvgIpc) is 2.29. The first-order valence-electron chi connectivity index (χ1n) is 5.71. The zero-order valence-electron chi connectivity index (χ0n) is 10.3. The molecule has 0 atom stereocenters. The van der Waals surface area contributed by atoms with Crippen molar-refractivity contribution in [3.8, 4) is 0 Å². The van der Waals surface area contributed by atoms with Gasteiger partial charge in [0.15, 0.2) is 0 Å². The zero-order chi connectivity index (χ0) is 12.0. The molecule has 0 radical (unpaired) electrons. The molecule has 1 aromatic carbocycles. The second-order valence-corrected chi connectivity index (χ2v) is 4.64. The molecule has 0 unspecified atom stereocenters. The first kappa shape index (κ1) is 12.9. The third-order valence-electron chi connectivity index (χ3n) is 2.65. The fourth-order valence-electron chi connectivity index (χ4n) is 1.56. The molecule has 0 bridgehead atoms. The number of ketones is 1. The Balaban J connectivity index is 2.38. The molecule has 88 valence electrons. The molecular formula is C14H20O2. The number of carbonyl (C=O) groups excluding carboxylic acids is 1. The summed E-state index contributed by atoms with van der Waals surface area (Å²) >= 11 is 0.